The van der Waals surface area contributed by atoms with Crippen molar-refractivity contribution in [2.45, 2.75) is 38.3 Å². The Morgan fingerprint density at radius 3 is 2.50 bits per heavy atom. The molecule has 24 heavy (non-hydrogen) atoms. The first-order valence-corrected chi connectivity index (χ1v) is 9.02. The highest BCUT2D eigenvalue weighted by molar-refractivity contribution is 5.54. The number of likely N-dealkylation sites (tertiary alicyclic amines) is 1. The standard InChI is InChI=1S/C19H26N4O/c1-22(2)13-14-5-7-16(8-6-14)18-20-19(24-21-18)17(15-9-10-15)23-11-3-4-12-23/h5-8,15,17H,3-4,9-13H2,1-2H3. The fourth-order valence-corrected chi connectivity index (χ4v) is 3.68. The summed E-state index contributed by atoms with van der Waals surface area (Å²) in [5, 5.41) is 4.26. The summed E-state index contributed by atoms with van der Waals surface area (Å²) >= 11 is 0. The van der Waals surface area contributed by atoms with Crippen molar-refractivity contribution < 1.29 is 4.52 Å². The zero-order valence-electron chi connectivity index (χ0n) is 14.6. The van der Waals surface area contributed by atoms with Crippen molar-refractivity contribution in [3.05, 3.63) is 35.7 Å². The Morgan fingerprint density at radius 2 is 1.88 bits per heavy atom. The lowest BCUT2D eigenvalue weighted by Crippen LogP contribution is -2.27. The Bertz CT molecular complexity index is 669. The van der Waals surface area contributed by atoms with Gasteiger partial charge in [-0.25, -0.2) is 0 Å². The normalized spacial score (nSPS) is 20.0. The van der Waals surface area contributed by atoms with Gasteiger partial charge in [0.15, 0.2) is 0 Å². The van der Waals surface area contributed by atoms with Crippen LogP contribution in [0.3, 0.4) is 0 Å². The molecule has 4 rings (SSSR count). The summed E-state index contributed by atoms with van der Waals surface area (Å²) < 4.78 is 5.68. The summed E-state index contributed by atoms with van der Waals surface area (Å²) in [6.45, 7) is 3.27. The maximum Gasteiger partial charge on any atom is 0.244 e. The molecule has 2 fully saturated rings. The summed E-state index contributed by atoms with van der Waals surface area (Å²) in [6.07, 6.45) is 5.16. The van der Waals surface area contributed by atoms with Crippen LogP contribution in [0.5, 0.6) is 0 Å². The average molecular weight is 326 g/mol. The van der Waals surface area contributed by atoms with Gasteiger partial charge in [-0.05, 0) is 64.3 Å². The fraction of sp³-hybridized carbons (Fsp3) is 0.579. The maximum atomic E-state index is 5.68. The van der Waals surface area contributed by atoms with Crippen molar-refractivity contribution in [3.63, 3.8) is 0 Å². The molecule has 2 aliphatic rings. The molecule has 1 saturated heterocycles. The number of hydrogen-bond donors (Lipinski definition) is 0. The van der Waals surface area contributed by atoms with E-state index in [1.54, 1.807) is 0 Å². The largest absolute Gasteiger partial charge is 0.337 e. The van der Waals surface area contributed by atoms with Crippen LogP contribution in [0.2, 0.25) is 0 Å². The second kappa shape index (κ2) is 6.65. The van der Waals surface area contributed by atoms with Crippen molar-refractivity contribution in [1.29, 1.82) is 0 Å². The Labute approximate surface area is 143 Å². The Balaban J connectivity index is 1.53. The third kappa shape index (κ3) is 3.37. The van der Waals surface area contributed by atoms with Crippen LogP contribution >= 0.6 is 0 Å². The molecule has 1 saturated carbocycles. The van der Waals surface area contributed by atoms with Gasteiger partial charge in [-0.1, -0.05) is 29.4 Å². The van der Waals surface area contributed by atoms with Crippen LogP contribution in [-0.2, 0) is 6.54 Å². The highest BCUT2D eigenvalue weighted by atomic mass is 16.5. The molecule has 0 amide bonds. The summed E-state index contributed by atoms with van der Waals surface area (Å²) in [5.74, 6) is 2.23. The Morgan fingerprint density at radius 1 is 1.17 bits per heavy atom. The lowest BCUT2D eigenvalue weighted by Gasteiger charge is -2.23. The third-order valence-electron chi connectivity index (χ3n) is 5.01. The molecule has 1 aromatic heterocycles. The molecule has 1 aliphatic carbocycles. The smallest absolute Gasteiger partial charge is 0.244 e. The predicted molar refractivity (Wildman–Crippen MR) is 93.4 cm³/mol. The van der Waals surface area contributed by atoms with Gasteiger partial charge in [0.1, 0.15) is 0 Å². The second-order valence-corrected chi connectivity index (χ2v) is 7.42. The van der Waals surface area contributed by atoms with Gasteiger partial charge < -0.3 is 9.42 Å². The average Bonchev–Trinajstić information content (AvgIpc) is 3.05. The van der Waals surface area contributed by atoms with Gasteiger partial charge in [0.2, 0.25) is 11.7 Å². The lowest BCUT2D eigenvalue weighted by molar-refractivity contribution is 0.174. The topological polar surface area (TPSA) is 45.4 Å². The van der Waals surface area contributed by atoms with Crippen molar-refractivity contribution >= 4 is 0 Å². The molecule has 0 N–H and O–H groups in total. The summed E-state index contributed by atoms with van der Waals surface area (Å²) in [5.41, 5.74) is 2.32. The van der Waals surface area contributed by atoms with E-state index >= 15 is 0 Å². The molecule has 1 unspecified atom stereocenters. The van der Waals surface area contributed by atoms with Crippen LogP contribution < -0.4 is 0 Å². The first kappa shape index (κ1) is 15.8. The number of aromatic nitrogens is 2. The van der Waals surface area contributed by atoms with Gasteiger partial charge in [-0.15, -0.1) is 0 Å². The zero-order chi connectivity index (χ0) is 16.5. The molecule has 1 atom stereocenters. The molecular formula is C19H26N4O. The first-order chi connectivity index (χ1) is 11.7. The Kier molecular flexibility index (Phi) is 4.37. The first-order valence-electron chi connectivity index (χ1n) is 9.02. The molecule has 2 aromatic rings. The van der Waals surface area contributed by atoms with Gasteiger partial charge in [0.25, 0.3) is 0 Å². The monoisotopic (exact) mass is 326 g/mol. The molecule has 0 radical (unpaired) electrons. The fourth-order valence-electron chi connectivity index (χ4n) is 3.68. The van der Waals surface area contributed by atoms with E-state index in [0.29, 0.717) is 17.8 Å². The van der Waals surface area contributed by atoms with Crippen LogP contribution in [0.4, 0.5) is 0 Å². The number of rotatable bonds is 6. The number of nitrogens with zero attached hydrogens (tertiary/aromatic N) is 4. The van der Waals surface area contributed by atoms with Crippen molar-refractivity contribution in [3.8, 4) is 11.4 Å². The summed E-state index contributed by atoms with van der Waals surface area (Å²) in [7, 11) is 4.16. The van der Waals surface area contributed by atoms with Gasteiger partial charge in [0, 0.05) is 12.1 Å². The van der Waals surface area contributed by atoms with E-state index in [-0.39, 0.29) is 0 Å². The van der Waals surface area contributed by atoms with Crippen LogP contribution in [0, 0.1) is 5.92 Å². The van der Waals surface area contributed by atoms with E-state index < -0.39 is 0 Å². The van der Waals surface area contributed by atoms with Crippen LogP contribution in [-0.4, -0.2) is 47.1 Å². The van der Waals surface area contributed by atoms with Crippen LogP contribution in [0.15, 0.2) is 28.8 Å². The predicted octanol–water partition coefficient (Wildman–Crippen LogP) is 3.35. The number of hydrogen-bond acceptors (Lipinski definition) is 5. The molecule has 5 heteroatoms. The minimum atomic E-state index is 0.335. The maximum absolute atomic E-state index is 5.68. The van der Waals surface area contributed by atoms with Gasteiger partial charge in [0.05, 0.1) is 6.04 Å². The van der Waals surface area contributed by atoms with Gasteiger partial charge in [-0.3, -0.25) is 4.90 Å². The van der Waals surface area contributed by atoms with E-state index in [1.807, 2.05) is 0 Å². The molecular weight excluding hydrogens is 300 g/mol. The van der Waals surface area contributed by atoms with E-state index in [4.69, 9.17) is 9.51 Å². The van der Waals surface area contributed by atoms with Crippen molar-refractivity contribution in [2.75, 3.05) is 27.2 Å². The number of benzene rings is 1. The van der Waals surface area contributed by atoms with E-state index in [0.717, 1.165) is 31.1 Å². The third-order valence-corrected chi connectivity index (χ3v) is 5.01. The molecule has 1 aromatic carbocycles. The zero-order valence-corrected chi connectivity index (χ0v) is 14.6. The Hall–Kier alpha value is -1.72. The lowest BCUT2D eigenvalue weighted by atomic mass is 10.1. The summed E-state index contributed by atoms with van der Waals surface area (Å²) in [4.78, 5) is 9.45. The summed E-state index contributed by atoms with van der Waals surface area (Å²) in [6, 6.07) is 8.81. The molecule has 0 spiro atoms. The van der Waals surface area contributed by atoms with E-state index in [9.17, 15) is 0 Å². The highest BCUT2D eigenvalue weighted by Gasteiger charge is 2.40. The molecule has 1 aliphatic heterocycles. The molecule has 0 bridgehead atoms. The molecule has 128 valence electrons. The van der Waals surface area contributed by atoms with E-state index in [2.05, 4.69) is 53.3 Å². The van der Waals surface area contributed by atoms with Gasteiger partial charge >= 0.3 is 0 Å². The quantitative estimate of drug-likeness (QED) is 0.814. The minimum Gasteiger partial charge on any atom is -0.337 e. The van der Waals surface area contributed by atoms with Crippen molar-refractivity contribution in [1.82, 2.24) is 19.9 Å². The van der Waals surface area contributed by atoms with Crippen molar-refractivity contribution in [2.24, 2.45) is 5.92 Å². The van der Waals surface area contributed by atoms with E-state index in [1.165, 1.54) is 31.2 Å². The van der Waals surface area contributed by atoms with Gasteiger partial charge in [-0.2, -0.15) is 4.98 Å². The van der Waals surface area contributed by atoms with Crippen LogP contribution in [0.1, 0.15) is 43.2 Å². The minimum absolute atomic E-state index is 0.335. The van der Waals surface area contributed by atoms with Crippen LogP contribution in [0.25, 0.3) is 11.4 Å². The SMILES string of the molecule is CN(C)Cc1ccc(-c2noc(C(C3CC3)N3CCCC3)n2)cc1. The molecule has 5 nitrogen and oxygen atoms in total. The second-order valence-electron chi connectivity index (χ2n) is 7.42. The highest BCUT2D eigenvalue weighted by Crippen LogP contribution is 2.45. The molecule has 2 heterocycles.